The number of carboxylic acid groups (broad SMARTS) is 1. The standard InChI is InChI=1S/C24H22ClN3O4/c1-2-32-17-9-8-16-12-18(24(25)26-19(16)13-17)21-14-20(15-6-4-3-5-7-15)27-28(21)22(29)10-11-23(30)31/h3-9,12-14,21,27H,2,10-11H2,1H3,(H,30,31)/p-1/t21-/m0/s1. The Morgan fingerprint density at radius 1 is 1.16 bits per heavy atom. The molecule has 1 atom stereocenters. The molecule has 2 heterocycles. The predicted molar refractivity (Wildman–Crippen MR) is 119 cm³/mol. The van der Waals surface area contributed by atoms with E-state index < -0.39 is 12.0 Å². The summed E-state index contributed by atoms with van der Waals surface area (Å²) < 4.78 is 5.53. The third-order valence-electron chi connectivity index (χ3n) is 5.14. The van der Waals surface area contributed by atoms with E-state index >= 15 is 0 Å². The van der Waals surface area contributed by atoms with Crippen LogP contribution >= 0.6 is 11.6 Å². The highest BCUT2D eigenvalue weighted by Gasteiger charge is 2.32. The number of carboxylic acids is 1. The van der Waals surface area contributed by atoms with Crippen LogP contribution in [0.25, 0.3) is 16.6 Å². The van der Waals surface area contributed by atoms with Gasteiger partial charge in [0.15, 0.2) is 0 Å². The molecule has 0 spiro atoms. The van der Waals surface area contributed by atoms with Crippen molar-refractivity contribution in [3.05, 3.63) is 77.0 Å². The van der Waals surface area contributed by atoms with E-state index in [4.69, 9.17) is 16.3 Å². The number of benzene rings is 2. The Balaban J connectivity index is 1.74. The molecule has 164 valence electrons. The minimum atomic E-state index is -1.28. The number of nitrogens with one attached hydrogen (secondary N) is 1. The Morgan fingerprint density at radius 3 is 2.66 bits per heavy atom. The lowest BCUT2D eigenvalue weighted by molar-refractivity contribution is -0.305. The summed E-state index contributed by atoms with van der Waals surface area (Å²) in [4.78, 5) is 28.2. The second kappa shape index (κ2) is 9.28. The van der Waals surface area contributed by atoms with Crippen LogP contribution < -0.4 is 15.3 Å². The molecule has 2 aromatic carbocycles. The van der Waals surface area contributed by atoms with Crippen molar-refractivity contribution in [3.63, 3.8) is 0 Å². The maximum absolute atomic E-state index is 12.9. The SMILES string of the molecule is CCOc1ccc2cc([C@@H]3C=C(c4ccccc4)NN3C(=O)CCC(=O)[O-])c(Cl)nc2c1. The van der Waals surface area contributed by atoms with Crippen molar-refractivity contribution >= 4 is 40.1 Å². The molecule has 1 amide bonds. The number of nitrogens with zero attached hydrogens (tertiary/aromatic N) is 2. The highest BCUT2D eigenvalue weighted by molar-refractivity contribution is 6.30. The van der Waals surface area contributed by atoms with Crippen LogP contribution in [0.15, 0.2) is 60.7 Å². The van der Waals surface area contributed by atoms with Crippen molar-refractivity contribution in [2.75, 3.05) is 6.61 Å². The number of hydrogen-bond acceptors (Lipinski definition) is 6. The lowest BCUT2D eigenvalue weighted by Gasteiger charge is -2.26. The molecule has 1 aliphatic heterocycles. The van der Waals surface area contributed by atoms with E-state index in [1.54, 1.807) is 0 Å². The Morgan fingerprint density at radius 2 is 1.94 bits per heavy atom. The zero-order valence-electron chi connectivity index (χ0n) is 17.4. The number of halogens is 1. The van der Waals surface area contributed by atoms with Crippen LogP contribution in [-0.4, -0.2) is 28.5 Å². The van der Waals surface area contributed by atoms with E-state index in [0.29, 0.717) is 23.4 Å². The number of ether oxygens (including phenoxy) is 1. The molecule has 4 rings (SSSR count). The Bertz CT molecular complexity index is 1200. The van der Waals surface area contributed by atoms with E-state index in [9.17, 15) is 14.7 Å². The molecule has 8 heteroatoms. The van der Waals surface area contributed by atoms with E-state index in [2.05, 4.69) is 10.4 Å². The zero-order valence-corrected chi connectivity index (χ0v) is 18.1. The van der Waals surface area contributed by atoms with Crippen molar-refractivity contribution in [2.24, 2.45) is 0 Å². The predicted octanol–water partition coefficient (Wildman–Crippen LogP) is 3.25. The number of aliphatic carboxylic acids is 1. The number of pyridine rings is 1. The molecular weight excluding hydrogens is 430 g/mol. The van der Waals surface area contributed by atoms with Crippen LogP contribution in [0, 0.1) is 0 Å². The molecule has 0 bridgehead atoms. The third kappa shape index (κ3) is 4.53. The number of aromatic nitrogens is 1. The first kappa shape index (κ1) is 21.6. The first-order chi connectivity index (χ1) is 15.5. The summed E-state index contributed by atoms with van der Waals surface area (Å²) in [6, 6.07) is 16.4. The first-order valence-corrected chi connectivity index (χ1v) is 10.6. The van der Waals surface area contributed by atoms with E-state index in [1.807, 2.05) is 67.6 Å². The number of rotatable bonds is 7. The molecular formula is C24H21ClN3O4-. The molecule has 1 aliphatic rings. The van der Waals surface area contributed by atoms with Gasteiger partial charge in [-0.3, -0.25) is 10.2 Å². The summed E-state index contributed by atoms with van der Waals surface area (Å²) in [5, 5.41) is 13.4. The minimum Gasteiger partial charge on any atom is -0.550 e. The molecule has 3 aromatic rings. The van der Waals surface area contributed by atoms with Gasteiger partial charge in [-0.2, -0.15) is 0 Å². The number of hydrazine groups is 1. The molecule has 0 fully saturated rings. The van der Waals surface area contributed by atoms with Gasteiger partial charge in [0, 0.05) is 29.4 Å². The smallest absolute Gasteiger partial charge is 0.242 e. The van der Waals surface area contributed by atoms with Gasteiger partial charge >= 0.3 is 0 Å². The maximum Gasteiger partial charge on any atom is 0.242 e. The quantitative estimate of drug-likeness (QED) is 0.555. The first-order valence-electron chi connectivity index (χ1n) is 10.2. The van der Waals surface area contributed by atoms with Gasteiger partial charge in [-0.05, 0) is 43.2 Å². The van der Waals surface area contributed by atoms with E-state index in [1.165, 1.54) is 5.01 Å². The van der Waals surface area contributed by atoms with Crippen LogP contribution in [0.5, 0.6) is 5.75 Å². The molecule has 0 radical (unpaired) electrons. The summed E-state index contributed by atoms with van der Waals surface area (Å²) in [6.07, 6.45) is 1.32. The number of amides is 1. The Hall–Kier alpha value is -3.58. The van der Waals surface area contributed by atoms with Crippen LogP contribution in [-0.2, 0) is 9.59 Å². The van der Waals surface area contributed by atoms with Crippen LogP contribution in [0.1, 0.15) is 36.9 Å². The van der Waals surface area contributed by atoms with Crippen molar-refractivity contribution in [3.8, 4) is 5.75 Å². The monoisotopic (exact) mass is 450 g/mol. The summed E-state index contributed by atoms with van der Waals surface area (Å²) in [6.45, 7) is 2.45. The minimum absolute atomic E-state index is 0.196. The second-order valence-electron chi connectivity index (χ2n) is 7.29. The number of carbonyl (C=O) groups is 2. The summed E-state index contributed by atoms with van der Waals surface area (Å²) >= 11 is 6.55. The van der Waals surface area contributed by atoms with E-state index in [-0.39, 0.29) is 23.9 Å². The van der Waals surface area contributed by atoms with Gasteiger partial charge in [-0.25, -0.2) is 9.99 Å². The van der Waals surface area contributed by atoms with Crippen molar-refractivity contribution in [1.82, 2.24) is 15.4 Å². The third-order valence-corrected chi connectivity index (χ3v) is 5.44. The average molecular weight is 451 g/mol. The fourth-order valence-electron chi connectivity index (χ4n) is 3.63. The Kier molecular flexibility index (Phi) is 6.28. The zero-order chi connectivity index (χ0) is 22.7. The molecule has 7 nitrogen and oxygen atoms in total. The van der Waals surface area contributed by atoms with Crippen LogP contribution in [0.2, 0.25) is 5.15 Å². The summed E-state index contributed by atoms with van der Waals surface area (Å²) in [7, 11) is 0. The summed E-state index contributed by atoms with van der Waals surface area (Å²) in [5.74, 6) is -0.964. The molecule has 0 saturated carbocycles. The largest absolute Gasteiger partial charge is 0.550 e. The van der Waals surface area contributed by atoms with Crippen molar-refractivity contribution in [1.29, 1.82) is 0 Å². The van der Waals surface area contributed by atoms with Gasteiger partial charge in [0.25, 0.3) is 0 Å². The number of fused-ring (bicyclic) bond motifs is 1. The Labute approximate surface area is 190 Å². The van der Waals surface area contributed by atoms with Gasteiger partial charge in [0.1, 0.15) is 16.9 Å². The van der Waals surface area contributed by atoms with Gasteiger partial charge in [-0.15, -0.1) is 0 Å². The fraction of sp³-hybridized carbons (Fsp3) is 0.208. The van der Waals surface area contributed by atoms with Gasteiger partial charge in [0.2, 0.25) is 5.91 Å². The molecule has 0 saturated heterocycles. The number of carbonyl (C=O) groups excluding carboxylic acids is 2. The summed E-state index contributed by atoms with van der Waals surface area (Å²) in [5.41, 5.74) is 6.02. The van der Waals surface area contributed by atoms with E-state index in [0.717, 1.165) is 16.6 Å². The number of hydrogen-bond donors (Lipinski definition) is 1. The van der Waals surface area contributed by atoms with Crippen molar-refractivity contribution in [2.45, 2.75) is 25.8 Å². The van der Waals surface area contributed by atoms with Crippen LogP contribution in [0.4, 0.5) is 0 Å². The molecule has 32 heavy (non-hydrogen) atoms. The fourth-order valence-corrected chi connectivity index (χ4v) is 3.88. The topological polar surface area (TPSA) is 94.6 Å². The molecule has 0 aliphatic carbocycles. The normalized spacial score (nSPS) is 15.4. The van der Waals surface area contributed by atoms with Crippen LogP contribution in [0.3, 0.4) is 0 Å². The highest BCUT2D eigenvalue weighted by atomic mass is 35.5. The lowest BCUT2D eigenvalue weighted by Crippen LogP contribution is -2.40. The highest BCUT2D eigenvalue weighted by Crippen LogP contribution is 2.36. The second-order valence-corrected chi connectivity index (χ2v) is 7.65. The molecule has 1 aromatic heterocycles. The maximum atomic E-state index is 12.9. The van der Waals surface area contributed by atoms with Gasteiger partial charge in [-0.1, -0.05) is 41.9 Å². The lowest BCUT2D eigenvalue weighted by atomic mass is 10.0. The van der Waals surface area contributed by atoms with Gasteiger partial charge in [0.05, 0.1) is 17.8 Å². The molecule has 0 unspecified atom stereocenters. The molecule has 1 N–H and O–H groups in total. The average Bonchev–Trinajstić information content (AvgIpc) is 3.23. The van der Waals surface area contributed by atoms with Gasteiger partial charge < -0.3 is 14.6 Å². The van der Waals surface area contributed by atoms with Crippen molar-refractivity contribution < 1.29 is 19.4 Å².